The largest absolute Gasteiger partial charge is 0.483 e. The maximum absolute atomic E-state index is 11.2. The molecule has 2 amide bonds. The van der Waals surface area contributed by atoms with E-state index in [9.17, 15) is 9.59 Å². The number of rotatable bonds is 5. The first-order chi connectivity index (χ1) is 8.04. The highest BCUT2D eigenvalue weighted by atomic mass is 35.5. The van der Waals surface area contributed by atoms with E-state index >= 15 is 0 Å². The molecule has 1 rings (SSSR count). The maximum atomic E-state index is 11.2. The van der Waals surface area contributed by atoms with Crippen LogP contribution in [0.3, 0.4) is 0 Å². The number of ether oxygens (including phenoxy) is 1. The summed E-state index contributed by atoms with van der Waals surface area (Å²) >= 11 is 5.73. The van der Waals surface area contributed by atoms with Gasteiger partial charge < -0.3 is 15.8 Å². The summed E-state index contributed by atoms with van der Waals surface area (Å²) in [7, 11) is 0. The minimum atomic E-state index is -0.654. The molecule has 0 aliphatic carbocycles. The summed E-state index contributed by atoms with van der Waals surface area (Å²) in [6.07, 6.45) is 0. The number of nitrogens with two attached hydrogens (primary N) is 1. The topological polar surface area (TPSA) is 81.4 Å². The number of amides is 2. The average Bonchev–Trinajstić information content (AvgIpc) is 2.27. The van der Waals surface area contributed by atoms with Gasteiger partial charge in [0.1, 0.15) is 5.75 Å². The second-order valence-electron chi connectivity index (χ2n) is 3.25. The van der Waals surface area contributed by atoms with Crippen LogP contribution in [0.25, 0.3) is 0 Å². The third-order valence-electron chi connectivity index (χ3n) is 1.94. The second kappa shape index (κ2) is 6.10. The van der Waals surface area contributed by atoms with Gasteiger partial charge in [-0.1, -0.05) is 11.6 Å². The molecule has 3 N–H and O–H groups in total. The summed E-state index contributed by atoms with van der Waals surface area (Å²) in [6.45, 7) is 2.15. The van der Waals surface area contributed by atoms with E-state index in [2.05, 4.69) is 5.32 Å². The Bertz CT molecular complexity index is 435. The third-order valence-corrected chi connectivity index (χ3v) is 2.17. The molecule has 0 fully saturated rings. The summed E-state index contributed by atoms with van der Waals surface area (Å²) in [5, 5.41) is 2.95. The van der Waals surface area contributed by atoms with Crippen LogP contribution in [0.2, 0.25) is 5.02 Å². The number of halogens is 1. The molecule has 92 valence electrons. The summed E-state index contributed by atoms with van der Waals surface area (Å²) in [5.41, 5.74) is 5.32. The molecule has 0 aliphatic heterocycles. The molecular weight excluding hydrogens is 244 g/mol. The highest BCUT2D eigenvalue weighted by molar-refractivity contribution is 6.31. The smallest absolute Gasteiger partial charge is 0.257 e. The lowest BCUT2D eigenvalue weighted by Gasteiger charge is -2.09. The van der Waals surface area contributed by atoms with Gasteiger partial charge in [0.15, 0.2) is 6.61 Å². The van der Waals surface area contributed by atoms with E-state index in [4.69, 9.17) is 22.1 Å². The van der Waals surface area contributed by atoms with Gasteiger partial charge >= 0.3 is 0 Å². The molecule has 0 spiro atoms. The lowest BCUT2D eigenvalue weighted by atomic mass is 10.2. The van der Waals surface area contributed by atoms with Crippen molar-refractivity contribution in [1.29, 1.82) is 0 Å². The van der Waals surface area contributed by atoms with E-state index in [-0.39, 0.29) is 23.8 Å². The van der Waals surface area contributed by atoms with Crippen LogP contribution in [0.1, 0.15) is 17.3 Å². The zero-order valence-electron chi connectivity index (χ0n) is 9.33. The first kappa shape index (κ1) is 13.3. The monoisotopic (exact) mass is 256 g/mol. The molecule has 0 unspecified atom stereocenters. The molecule has 0 radical (unpaired) electrons. The van der Waals surface area contributed by atoms with Crippen molar-refractivity contribution in [2.75, 3.05) is 13.2 Å². The number of nitrogens with one attached hydrogen (secondary N) is 1. The highest BCUT2D eigenvalue weighted by Gasteiger charge is 2.11. The number of hydrogen-bond donors (Lipinski definition) is 2. The van der Waals surface area contributed by atoms with Gasteiger partial charge in [0, 0.05) is 11.6 Å². The second-order valence-corrected chi connectivity index (χ2v) is 3.68. The number of hydrogen-bond acceptors (Lipinski definition) is 3. The van der Waals surface area contributed by atoms with Crippen molar-refractivity contribution in [3.8, 4) is 5.75 Å². The maximum Gasteiger partial charge on any atom is 0.257 e. The van der Waals surface area contributed by atoms with Crippen molar-refractivity contribution in [3.63, 3.8) is 0 Å². The molecular formula is C11H13ClN2O3. The molecule has 0 saturated carbocycles. The molecule has 0 saturated heterocycles. The van der Waals surface area contributed by atoms with Gasteiger partial charge in [-0.2, -0.15) is 0 Å². The standard InChI is InChI=1S/C11H13ClN2O3/c1-2-14-10(15)6-17-9-4-3-7(12)5-8(9)11(13)16/h3-5H,2,6H2,1H3,(H2,13,16)(H,14,15). The lowest BCUT2D eigenvalue weighted by molar-refractivity contribution is -0.122. The lowest BCUT2D eigenvalue weighted by Crippen LogP contribution is -2.28. The quantitative estimate of drug-likeness (QED) is 0.823. The number of primary amides is 1. The van der Waals surface area contributed by atoms with Gasteiger partial charge in [0.05, 0.1) is 5.56 Å². The van der Waals surface area contributed by atoms with E-state index in [0.29, 0.717) is 11.6 Å². The Balaban J connectivity index is 2.77. The summed E-state index contributed by atoms with van der Waals surface area (Å²) in [6, 6.07) is 4.46. The Morgan fingerprint density at radius 1 is 1.47 bits per heavy atom. The van der Waals surface area contributed by atoms with Crippen LogP contribution in [-0.4, -0.2) is 25.0 Å². The van der Waals surface area contributed by atoms with Crippen LogP contribution in [0.5, 0.6) is 5.75 Å². The van der Waals surface area contributed by atoms with Crippen molar-refractivity contribution in [3.05, 3.63) is 28.8 Å². The van der Waals surface area contributed by atoms with Gasteiger partial charge in [-0.25, -0.2) is 0 Å². The third kappa shape index (κ3) is 3.96. The fourth-order valence-electron chi connectivity index (χ4n) is 1.21. The minimum absolute atomic E-state index is 0.154. The summed E-state index contributed by atoms with van der Waals surface area (Å²) in [5.74, 6) is -0.676. The molecule has 0 aliphatic rings. The number of benzene rings is 1. The minimum Gasteiger partial charge on any atom is -0.483 e. The van der Waals surface area contributed by atoms with E-state index in [1.807, 2.05) is 0 Å². The summed E-state index contributed by atoms with van der Waals surface area (Å²) < 4.78 is 5.20. The first-order valence-corrected chi connectivity index (χ1v) is 5.41. The molecule has 1 aromatic carbocycles. The van der Waals surface area contributed by atoms with Gasteiger partial charge in [-0.15, -0.1) is 0 Å². The predicted octanol–water partition coefficient (Wildman–Crippen LogP) is 0.954. The van der Waals surface area contributed by atoms with Crippen molar-refractivity contribution >= 4 is 23.4 Å². The predicted molar refractivity (Wildman–Crippen MR) is 64.1 cm³/mol. The molecule has 0 aromatic heterocycles. The van der Waals surface area contributed by atoms with Crippen molar-refractivity contribution < 1.29 is 14.3 Å². The normalized spacial score (nSPS) is 9.76. The van der Waals surface area contributed by atoms with Crippen molar-refractivity contribution in [2.24, 2.45) is 5.73 Å². The number of carbonyl (C=O) groups excluding carboxylic acids is 2. The van der Waals surface area contributed by atoms with Crippen LogP contribution in [0.4, 0.5) is 0 Å². The molecule has 0 atom stereocenters. The molecule has 5 nitrogen and oxygen atoms in total. The van der Waals surface area contributed by atoms with Crippen molar-refractivity contribution in [1.82, 2.24) is 5.32 Å². The van der Waals surface area contributed by atoms with E-state index in [1.54, 1.807) is 13.0 Å². The molecule has 0 heterocycles. The summed E-state index contributed by atoms with van der Waals surface area (Å²) in [4.78, 5) is 22.3. The van der Waals surface area contributed by atoms with Crippen LogP contribution >= 0.6 is 11.6 Å². The Hall–Kier alpha value is -1.75. The van der Waals surface area contributed by atoms with Crippen molar-refractivity contribution in [2.45, 2.75) is 6.92 Å². The molecule has 1 aromatic rings. The Morgan fingerprint density at radius 3 is 2.76 bits per heavy atom. The zero-order valence-corrected chi connectivity index (χ0v) is 10.1. The molecule has 17 heavy (non-hydrogen) atoms. The Morgan fingerprint density at radius 2 is 2.18 bits per heavy atom. The first-order valence-electron chi connectivity index (χ1n) is 5.03. The van der Waals surface area contributed by atoms with Gasteiger partial charge in [0.2, 0.25) is 0 Å². The Labute approximate surface area is 104 Å². The van der Waals surface area contributed by atoms with E-state index in [0.717, 1.165) is 0 Å². The fraction of sp³-hybridized carbons (Fsp3) is 0.273. The number of carbonyl (C=O) groups is 2. The zero-order chi connectivity index (χ0) is 12.8. The number of likely N-dealkylation sites (N-methyl/N-ethyl adjacent to an activating group) is 1. The van der Waals surface area contributed by atoms with Gasteiger partial charge in [-0.05, 0) is 25.1 Å². The average molecular weight is 257 g/mol. The van der Waals surface area contributed by atoms with Gasteiger partial charge in [-0.3, -0.25) is 9.59 Å². The SMILES string of the molecule is CCNC(=O)COc1ccc(Cl)cc1C(N)=O. The van der Waals surface area contributed by atoms with E-state index in [1.165, 1.54) is 12.1 Å². The van der Waals surface area contributed by atoms with Crippen LogP contribution in [0, 0.1) is 0 Å². The van der Waals surface area contributed by atoms with E-state index < -0.39 is 5.91 Å². The van der Waals surface area contributed by atoms with Gasteiger partial charge in [0.25, 0.3) is 11.8 Å². The van der Waals surface area contributed by atoms with Crippen LogP contribution < -0.4 is 15.8 Å². The van der Waals surface area contributed by atoms with Crippen LogP contribution in [-0.2, 0) is 4.79 Å². The molecule has 0 bridgehead atoms. The van der Waals surface area contributed by atoms with Crippen LogP contribution in [0.15, 0.2) is 18.2 Å². The fourth-order valence-corrected chi connectivity index (χ4v) is 1.38. The highest BCUT2D eigenvalue weighted by Crippen LogP contribution is 2.22. The molecule has 6 heteroatoms. The Kier molecular flexibility index (Phi) is 4.78.